The van der Waals surface area contributed by atoms with Gasteiger partial charge in [-0.1, -0.05) is 164 Å². The lowest BCUT2D eigenvalue weighted by Crippen LogP contribution is -2.25. The zero-order chi connectivity index (χ0) is 38.4. The summed E-state index contributed by atoms with van der Waals surface area (Å²) >= 11 is 1.88. The fourth-order valence-electron chi connectivity index (χ4n) is 11.2. The van der Waals surface area contributed by atoms with Gasteiger partial charge in [0.1, 0.15) is 11.5 Å². The van der Waals surface area contributed by atoms with Gasteiger partial charge in [0.2, 0.25) is 0 Å². The molecule has 1 aliphatic heterocycles. The van der Waals surface area contributed by atoms with Crippen molar-refractivity contribution in [2.75, 3.05) is 0 Å². The van der Waals surface area contributed by atoms with E-state index in [0.717, 1.165) is 17.1 Å². The third kappa shape index (κ3) is 3.99. The molecule has 1 spiro atoms. The third-order valence-electron chi connectivity index (χ3n) is 13.5. The monoisotopic (exact) mass is 764 g/mol. The van der Waals surface area contributed by atoms with Crippen LogP contribution in [-0.2, 0) is 5.41 Å². The van der Waals surface area contributed by atoms with Crippen molar-refractivity contribution in [1.82, 2.24) is 0 Å². The van der Waals surface area contributed by atoms with E-state index in [4.69, 9.17) is 4.74 Å². The standard InChI is InChI=1S/C57H32OS/c1-2-13-35-33(12-1)26-29-49-53(35)43-15-3-6-22-46(43)57(49)47-23-7-4-16-44(47)54-36(17-11-24-48(54)57)34-27-30-50-45(32-34)40-19-9-18-39-37(28-31-51(58-50)55(39)40)41-20-10-21-42-38-14-5-8-25-52(38)59-56(41)42/h1-32H. The van der Waals surface area contributed by atoms with E-state index in [-0.39, 0.29) is 0 Å². The van der Waals surface area contributed by atoms with E-state index in [9.17, 15) is 0 Å². The van der Waals surface area contributed by atoms with E-state index in [1.54, 1.807) is 0 Å². The van der Waals surface area contributed by atoms with E-state index in [0.29, 0.717) is 0 Å². The highest BCUT2D eigenvalue weighted by molar-refractivity contribution is 7.26. The molecule has 0 N–H and O–H groups in total. The summed E-state index contributed by atoms with van der Waals surface area (Å²) in [5.74, 6) is 1.80. The number of benzene rings is 10. The van der Waals surface area contributed by atoms with Gasteiger partial charge < -0.3 is 4.74 Å². The number of fused-ring (bicyclic) bond motifs is 17. The molecule has 0 bridgehead atoms. The SMILES string of the molecule is c1ccc2c(c1)-c1c(-c3ccc4c(c3)-c3cccc5c(-c6cccc7c6sc6ccccc67)ccc(c35)O4)cccc1C21c2ccccc2-c2c1ccc1ccccc21. The lowest BCUT2D eigenvalue weighted by atomic mass is 9.70. The molecule has 2 heteroatoms. The van der Waals surface area contributed by atoms with Gasteiger partial charge in [-0.2, -0.15) is 0 Å². The zero-order valence-electron chi connectivity index (χ0n) is 31.8. The molecule has 0 amide bonds. The highest BCUT2D eigenvalue weighted by atomic mass is 32.1. The maximum absolute atomic E-state index is 6.81. The predicted octanol–water partition coefficient (Wildman–Crippen LogP) is 15.8. The molecule has 11 aromatic rings. The summed E-state index contributed by atoms with van der Waals surface area (Å²) in [4.78, 5) is 0. The Bertz CT molecular complexity index is 3660. The Balaban J connectivity index is 0.983. The summed E-state index contributed by atoms with van der Waals surface area (Å²) in [6.45, 7) is 0. The molecule has 272 valence electrons. The van der Waals surface area contributed by atoms with Gasteiger partial charge in [-0.05, 0) is 113 Å². The van der Waals surface area contributed by atoms with Crippen molar-refractivity contribution in [3.8, 4) is 67.1 Å². The summed E-state index contributed by atoms with van der Waals surface area (Å²) in [6.07, 6.45) is 0. The van der Waals surface area contributed by atoms with Gasteiger partial charge in [0, 0.05) is 36.7 Å². The lowest BCUT2D eigenvalue weighted by Gasteiger charge is -2.30. The summed E-state index contributed by atoms with van der Waals surface area (Å²) in [6, 6.07) is 72.3. The largest absolute Gasteiger partial charge is 0.456 e. The van der Waals surface area contributed by atoms with Crippen molar-refractivity contribution in [3.05, 3.63) is 216 Å². The number of ether oxygens (including phenoxy) is 1. The quantitative estimate of drug-likeness (QED) is 0.170. The van der Waals surface area contributed by atoms with Crippen LogP contribution in [0.4, 0.5) is 0 Å². The van der Waals surface area contributed by atoms with E-state index in [1.165, 1.54) is 114 Å². The van der Waals surface area contributed by atoms with Gasteiger partial charge in [-0.15, -0.1) is 11.3 Å². The van der Waals surface area contributed by atoms with E-state index in [2.05, 4.69) is 194 Å². The van der Waals surface area contributed by atoms with Crippen molar-refractivity contribution in [3.63, 3.8) is 0 Å². The van der Waals surface area contributed by atoms with Gasteiger partial charge in [-0.3, -0.25) is 0 Å². The smallest absolute Gasteiger partial charge is 0.135 e. The molecule has 59 heavy (non-hydrogen) atoms. The van der Waals surface area contributed by atoms with Crippen LogP contribution in [0.5, 0.6) is 11.5 Å². The summed E-state index contributed by atoms with van der Waals surface area (Å²) in [5, 5.41) is 7.59. The molecule has 1 unspecified atom stereocenters. The van der Waals surface area contributed by atoms with Crippen LogP contribution in [0.15, 0.2) is 194 Å². The molecule has 0 saturated heterocycles. The highest BCUT2D eigenvalue weighted by Crippen LogP contribution is 2.65. The molecule has 1 nitrogen and oxygen atoms in total. The first kappa shape index (κ1) is 31.8. The molecule has 0 radical (unpaired) electrons. The van der Waals surface area contributed by atoms with Crippen molar-refractivity contribution in [1.29, 1.82) is 0 Å². The summed E-state index contributed by atoms with van der Waals surface area (Å²) < 4.78 is 9.45. The molecule has 10 aromatic carbocycles. The molecule has 2 aliphatic carbocycles. The van der Waals surface area contributed by atoms with Crippen LogP contribution >= 0.6 is 11.3 Å². The minimum Gasteiger partial charge on any atom is -0.456 e. The number of hydrogen-bond donors (Lipinski definition) is 0. The molecule has 1 aromatic heterocycles. The van der Waals surface area contributed by atoms with Crippen LogP contribution in [0.25, 0.3) is 97.4 Å². The average molecular weight is 765 g/mol. The Kier molecular flexibility index (Phi) is 6.16. The van der Waals surface area contributed by atoms with Crippen LogP contribution in [0, 0.1) is 0 Å². The van der Waals surface area contributed by atoms with Crippen molar-refractivity contribution >= 4 is 53.1 Å². The molecule has 0 fully saturated rings. The fraction of sp³-hybridized carbons (Fsp3) is 0.0175. The van der Waals surface area contributed by atoms with Gasteiger partial charge in [-0.25, -0.2) is 0 Å². The van der Waals surface area contributed by atoms with Gasteiger partial charge in [0.25, 0.3) is 0 Å². The average Bonchev–Trinajstić information content (AvgIpc) is 3.94. The van der Waals surface area contributed by atoms with Crippen LogP contribution in [0.1, 0.15) is 22.3 Å². The van der Waals surface area contributed by atoms with Crippen LogP contribution < -0.4 is 4.74 Å². The van der Waals surface area contributed by atoms with E-state index >= 15 is 0 Å². The van der Waals surface area contributed by atoms with Crippen LogP contribution in [0.2, 0.25) is 0 Å². The van der Waals surface area contributed by atoms with Gasteiger partial charge >= 0.3 is 0 Å². The van der Waals surface area contributed by atoms with E-state index in [1.807, 2.05) is 11.3 Å². The van der Waals surface area contributed by atoms with Crippen LogP contribution in [-0.4, -0.2) is 0 Å². The Hall–Kier alpha value is -7.26. The molecule has 14 rings (SSSR count). The molecular formula is C57H32OS. The first-order chi connectivity index (χ1) is 29.3. The minimum atomic E-state index is -0.423. The zero-order valence-corrected chi connectivity index (χ0v) is 32.6. The van der Waals surface area contributed by atoms with Crippen LogP contribution in [0.3, 0.4) is 0 Å². The molecule has 0 saturated carbocycles. The van der Waals surface area contributed by atoms with Crippen molar-refractivity contribution in [2.24, 2.45) is 0 Å². The summed E-state index contributed by atoms with van der Waals surface area (Å²) in [7, 11) is 0. The molecule has 2 heterocycles. The molecular weight excluding hydrogens is 733 g/mol. The minimum absolute atomic E-state index is 0.423. The Morgan fingerprint density at radius 3 is 1.86 bits per heavy atom. The van der Waals surface area contributed by atoms with Crippen molar-refractivity contribution < 1.29 is 4.74 Å². The number of rotatable bonds is 2. The normalized spacial score (nSPS) is 15.3. The fourth-order valence-corrected chi connectivity index (χ4v) is 12.4. The molecule has 3 aliphatic rings. The topological polar surface area (TPSA) is 9.23 Å². The first-order valence-electron chi connectivity index (χ1n) is 20.4. The first-order valence-corrected chi connectivity index (χ1v) is 21.2. The maximum atomic E-state index is 6.81. The maximum Gasteiger partial charge on any atom is 0.135 e. The van der Waals surface area contributed by atoms with Gasteiger partial charge in [0.05, 0.1) is 5.41 Å². The second-order valence-corrected chi connectivity index (χ2v) is 17.3. The lowest BCUT2D eigenvalue weighted by molar-refractivity contribution is 0.487. The second-order valence-electron chi connectivity index (χ2n) is 16.2. The Morgan fingerprint density at radius 2 is 0.983 bits per heavy atom. The predicted molar refractivity (Wildman–Crippen MR) is 247 cm³/mol. The van der Waals surface area contributed by atoms with E-state index < -0.39 is 5.41 Å². The Labute approximate surface area is 345 Å². The van der Waals surface area contributed by atoms with Gasteiger partial charge in [0.15, 0.2) is 0 Å². The second kappa shape index (κ2) is 11.4. The number of thiophene rings is 1. The Morgan fingerprint density at radius 1 is 0.356 bits per heavy atom. The third-order valence-corrected chi connectivity index (χ3v) is 14.7. The van der Waals surface area contributed by atoms with Crippen molar-refractivity contribution in [2.45, 2.75) is 5.41 Å². The number of hydrogen-bond acceptors (Lipinski definition) is 2. The summed E-state index contributed by atoms with van der Waals surface area (Å²) in [5.41, 5.74) is 17.6. The highest BCUT2D eigenvalue weighted by Gasteiger charge is 2.52. The molecule has 1 atom stereocenters.